The highest BCUT2D eigenvalue weighted by atomic mass is 16.2. The van der Waals surface area contributed by atoms with E-state index in [1.807, 2.05) is 47.1 Å². The second-order valence-electron chi connectivity index (χ2n) is 7.54. The second-order valence-corrected chi connectivity index (χ2v) is 7.54. The third kappa shape index (κ3) is 3.59. The number of piperidine rings is 1. The van der Waals surface area contributed by atoms with Gasteiger partial charge in [-0.05, 0) is 31.7 Å². The van der Waals surface area contributed by atoms with E-state index in [0.717, 1.165) is 60.4 Å². The van der Waals surface area contributed by atoms with Crippen LogP contribution in [0, 0.1) is 6.92 Å². The van der Waals surface area contributed by atoms with Gasteiger partial charge >= 0.3 is 0 Å². The highest BCUT2D eigenvalue weighted by molar-refractivity contribution is 5.95. The molecule has 3 aromatic rings. The molecule has 6 heteroatoms. The fourth-order valence-electron chi connectivity index (χ4n) is 4.09. The van der Waals surface area contributed by atoms with E-state index in [9.17, 15) is 4.79 Å². The quantitative estimate of drug-likeness (QED) is 0.730. The van der Waals surface area contributed by atoms with Crippen molar-refractivity contribution in [2.75, 3.05) is 13.1 Å². The van der Waals surface area contributed by atoms with Gasteiger partial charge in [-0.1, -0.05) is 37.3 Å². The summed E-state index contributed by atoms with van der Waals surface area (Å²) in [7, 11) is 0. The molecule has 2 aromatic heterocycles. The van der Waals surface area contributed by atoms with Gasteiger partial charge in [0.05, 0.1) is 17.5 Å². The van der Waals surface area contributed by atoms with Gasteiger partial charge in [0.1, 0.15) is 0 Å². The number of amides is 1. The summed E-state index contributed by atoms with van der Waals surface area (Å²) >= 11 is 0. The van der Waals surface area contributed by atoms with Crippen LogP contribution >= 0.6 is 0 Å². The standard InChI is InChI=1S/C22H27N5O/c1-3-11-27-15-20(16(2)25-27)22(28)26-12-7-10-18(14-26)21-19(13-23-24-21)17-8-5-4-6-9-17/h4-6,8-9,13,15,18H,3,7,10-12,14H2,1-2H3,(H,23,24)/t18-/m1/s1. The fourth-order valence-corrected chi connectivity index (χ4v) is 4.09. The summed E-state index contributed by atoms with van der Waals surface area (Å²) in [5, 5.41) is 12.0. The molecule has 0 aliphatic carbocycles. The molecule has 0 unspecified atom stereocenters. The van der Waals surface area contributed by atoms with E-state index < -0.39 is 0 Å². The minimum absolute atomic E-state index is 0.0883. The zero-order chi connectivity index (χ0) is 19.5. The second kappa shape index (κ2) is 8.00. The summed E-state index contributed by atoms with van der Waals surface area (Å²) in [5.41, 5.74) is 4.95. The van der Waals surface area contributed by atoms with E-state index in [2.05, 4.69) is 34.4 Å². The Morgan fingerprint density at radius 2 is 2.11 bits per heavy atom. The first-order valence-corrected chi connectivity index (χ1v) is 10.1. The van der Waals surface area contributed by atoms with Gasteiger partial charge in [-0.15, -0.1) is 0 Å². The van der Waals surface area contributed by atoms with Crippen LogP contribution in [0.5, 0.6) is 0 Å². The molecule has 1 saturated heterocycles. The van der Waals surface area contributed by atoms with Crippen LogP contribution in [0.1, 0.15) is 53.8 Å². The lowest BCUT2D eigenvalue weighted by Crippen LogP contribution is -2.39. The summed E-state index contributed by atoms with van der Waals surface area (Å²) in [5.74, 6) is 0.353. The molecule has 0 bridgehead atoms. The van der Waals surface area contributed by atoms with E-state index in [-0.39, 0.29) is 11.8 Å². The summed E-state index contributed by atoms with van der Waals surface area (Å²) in [6, 6.07) is 10.3. The van der Waals surface area contributed by atoms with Gasteiger partial charge < -0.3 is 4.90 Å². The number of nitrogens with zero attached hydrogens (tertiary/aromatic N) is 4. The summed E-state index contributed by atoms with van der Waals surface area (Å²) in [6.45, 7) is 6.37. The first kappa shape index (κ1) is 18.5. The Balaban J connectivity index is 1.54. The van der Waals surface area contributed by atoms with Gasteiger partial charge in [-0.2, -0.15) is 10.2 Å². The van der Waals surface area contributed by atoms with E-state index in [1.165, 1.54) is 0 Å². The Morgan fingerprint density at radius 1 is 1.29 bits per heavy atom. The topological polar surface area (TPSA) is 66.8 Å². The molecule has 146 valence electrons. The van der Waals surface area contributed by atoms with Crippen LogP contribution in [-0.4, -0.2) is 43.9 Å². The van der Waals surface area contributed by atoms with Crippen molar-refractivity contribution in [1.82, 2.24) is 24.9 Å². The molecule has 1 aromatic carbocycles. The van der Waals surface area contributed by atoms with E-state index in [4.69, 9.17) is 0 Å². The van der Waals surface area contributed by atoms with Crippen molar-refractivity contribution in [2.45, 2.75) is 45.6 Å². The number of rotatable bonds is 5. The zero-order valence-corrected chi connectivity index (χ0v) is 16.6. The van der Waals surface area contributed by atoms with Gasteiger partial charge in [0.25, 0.3) is 5.91 Å². The maximum absolute atomic E-state index is 13.2. The van der Waals surface area contributed by atoms with E-state index in [0.29, 0.717) is 6.54 Å². The number of carbonyl (C=O) groups excluding carboxylic acids is 1. The number of H-pyrrole nitrogens is 1. The number of likely N-dealkylation sites (tertiary alicyclic amines) is 1. The first-order chi connectivity index (χ1) is 13.7. The average molecular weight is 377 g/mol. The molecule has 28 heavy (non-hydrogen) atoms. The SMILES string of the molecule is CCCn1cc(C(=O)N2CCC[C@@H](c3[nH]ncc3-c3ccccc3)C2)c(C)n1. The Labute approximate surface area is 165 Å². The van der Waals surface area contributed by atoms with Crippen molar-refractivity contribution >= 4 is 5.91 Å². The Kier molecular flexibility index (Phi) is 5.28. The molecule has 4 rings (SSSR count). The largest absolute Gasteiger partial charge is 0.338 e. The number of aryl methyl sites for hydroxylation is 2. The normalized spacial score (nSPS) is 17.1. The third-order valence-electron chi connectivity index (χ3n) is 5.50. The molecule has 0 spiro atoms. The number of nitrogens with one attached hydrogen (secondary N) is 1. The zero-order valence-electron chi connectivity index (χ0n) is 16.6. The average Bonchev–Trinajstić information content (AvgIpc) is 3.35. The maximum Gasteiger partial charge on any atom is 0.257 e. The van der Waals surface area contributed by atoms with Crippen molar-refractivity contribution in [1.29, 1.82) is 0 Å². The number of aromatic nitrogens is 4. The lowest BCUT2D eigenvalue weighted by molar-refractivity contribution is 0.0705. The summed E-state index contributed by atoms with van der Waals surface area (Å²) in [4.78, 5) is 15.1. The van der Waals surface area contributed by atoms with Crippen LogP contribution in [0.3, 0.4) is 0 Å². The smallest absolute Gasteiger partial charge is 0.257 e. The molecular formula is C22H27N5O. The van der Waals surface area contributed by atoms with Crippen molar-refractivity contribution < 1.29 is 4.79 Å². The number of aromatic amines is 1. The molecule has 0 saturated carbocycles. The molecular weight excluding hydrogens is 350 g/mol. The Morgan fingerprint density at radius 3 is 2.89 bits per heavy atom. The highest BCUT2D eigenvalue weighted by Gasteiger charge is 2.29. The minimum atomic E-state index is 0.0883. The number of hydrogen-bond acceptors (Lipinski definition) is 3. The molecule has 0 radical (unpaired) electrons. The van der Waals surface area contributed by atoms with Crippen LogP contribution < -0.4 is 0 Å². The number of hydrogen-bond donors (Lipinski definition) is 1. The van der Waals surface area contributed by atoms with Crippen molar-refractivity contribution in [3.05, 3.63) is 59.7 Å². The molecule has 3 heterocycles. The van der Waals surface area contributed by atoms with Crippen LogP contribution in [0.4, 0.5) is 0 Å². The Bertz CT molecular complexity index is 943. The molecule has 1 fully saturated rings. The van der Waals surface area contributed by atoms with Gasteiger partial charge in [-0.3, -0.25) is 14.6 Å². The van der Waals surface area contributed by atoms with Crippen LogP contribution in [0.2, 0.25) is 0 Å². The minimum Gasteiger partial charge on any atom is -0.338 e. The molecule has 1 aliphatic heterocycles. The van der Waals surface area contributed by atoms with Gasteiger partial charge in [0.2, 0.25) is 0 Å². The summed E-state index contributed by atoms with van der Waals surface area (Å²) in [6.07, 6.45) is 6.84. The molecule has 1 N–H and O–H groups in total. The van der Waals surface area contributed by atoms with Gasteiger partial charge in [0.15, 0.2) is 0 Å². The van der Waals surface area contributed by atoms with Gasteiger partial charge in [0, 0.05) is 43.0 Å². The molecule has 1 aliphatic rings. The van der Waals surface area contributed by atoms with Gasteiger partial charge in [-0.25, -0.2) is 0 Å². The number of benzene rings is 1. The monoisotopic (exact) mass is 377 g/mol. The predicted octanol–water partition coefficient (Wildman–Crippen LogP) is 4.01. The maximum atomic E-state index is 13.2. The lowest BCUT2D eigenvalue weighted by Gasteiger charge is -2.32. The van der Waals surface area contributed by atoms with Crippen LogP contribution in [0.15, 0.2) is 42.7 Å². The van der Waals surface area contributed by atoms with E-state index >= 15 is 0 Å². The third-order valence-corrected chi connectivity index (χ3v) is 5.50. The number of carbonyl (C=O) groups is 1. The van der Waals surface area contributed by atoms with Crippen molar-refractivity contribution in [3.8, 4) is 11.1 Å². The first-order valence-electron chi connectivity index (χ1n) is 10.1. The molecule has 1 atom stereocenters. The molecule has 1 amide bonds. The van der Waals surface area contributed by atoms with Crippen molar-refractivity contribution in [3.63, 3.8) is 0 Å². The van der Waals surface area contributed by atoms with E-state index in [1.54, 1.807) is 0 Å². The lowest BCUT2D eigenvalue weighted by atomic mass is 9.90. The van der Waals surface area contributed by atoms with Crippen LogP contribution in [0.25, 0.3) is 11.1 Å². The summed E-state index contributed by atoms with van der Waals surface area (Å²) < 4.78 is 1.88. The fraction of sp³-hybridized carbons (Fsp3) is 0.409. The Hall–Kier alpha value is -2.89. The predicted molar refractivity (Wildman–Crippen MR) is 109 cm³/mol. The highest BCUT2D eigenvalue weighted by Crippen LogP contribution is 2.33. The van der Waals surface area contributed by atoms with Crippen LogP contribution in [-0.2, 0) is 6.54 Å². The van der Waals surface area contributed by atoms with Crippen molar-refractivity contribution in [2.24, 2.45) is 0 Å². The molecule has 6 nitrogen and oxygen atoms in total.